The van der Waals surface area contributed by atoms with Gasteiger partial charge in [0.05, 0.1) is 0 Å². The number of thioether (sulfide) groups is 1. The maximum absolute atomic E-state index is 11.7. The molecule has 16 heavy (non-hydrogen) atoms. The number of carbonyl (C=O) groups excluding carboxylic acids is 1. The highest BCUT2D eigenvalue weighted by atomic mass is 32.2. The lowest BCUT2D eigenvalue weighted by Gasteiger charge is -2.03. The van der Waals surface area contributed by atoms with Gasteiger partial charge in [-0.2, -0.15) is 0 Å². The molecule has 0 amide bonds. The molecule has 0 unspecified atom stereocenters. The molecule has 0 bridgehead atoms. The lowest BCUT2D eigenvalue weighted by molar-refractivity contribution is 0.0761. The molecule has 1 rings (SSSR count). The Balaban J connectivity index is 2.49. The van der Waals surface area contributed by atoms with Crippen molar-refractivity contribution in [3.63, 3.8) is 0 Å². The molecule has 2 nitrogen and oxygen atoms in total. The standard InChI is InChI=1S/C13H18O2S/c1-3-9-15-10-13(14)11-5-7-12(8-6-11)16-4-2/h5-8H,3-4,9-10H2,1-2H3. The normalized spacial score (nSPS) is 10.4. The summed E-state index contributed by atoms with van der Waals surface area (Å²) >= 11 is 1.77. The van der Waals surface area contributed by atoms with Crippen molar-refractivity contribution in [1.29, 1.82) is 0 Å². The molecule has 1 aromatic rings. The number of rotatable bonds is 7. The number of hydrogen-bond acceptors (Lipinski definition) is 3. The van der Waals surface area contributed by atoms with Gasteiger partial charge in [-0.15, -0.1) is 11.8 Å². The van der Waals surface area contributed by atoms with Gasteiger partial charge >= 0.3 is 0 Å². The third-order valence-electron chi connectivity index (χ3n) is 2.07. The summed E-state index contributed by atoms with van der Waals surface area (Å²) in [7, 11) is 0. The Kier molecular flexibility index (Phi) is 6.19. The summed E-state index contributed by atoms with van der Waals surface area (Å²) in [5.41, 5.74) is 0.733. The zero-order valence-corrected chi connectivity index (χ0v) is 10.7. The number of ketones is 1. The van der Waals surface area contributed by atoms with E-state index in [4.69, 9.17) is 4.74 Å². The molecule has 0 radical (unpaired) electrons. The molecule has 0 aliphatic rings. The molecule has 0 aliphatic heterocycles. The molecule has 0 saturated heterocycles. The van der Waals surface area contributed by atoms with Crippen molar-refractivity contribution in [2.24, 2.45) is 0 Å². The summed E-state index contributed by atoms with van der Waals surface area (Å²) < 4.78 is 5.22. The Morgan fingerprint density at radius 2 is 1.94 bits per heavy atom. The van der Waals surface area contributed by atoms with Crippen molar-refractivity contribution in [2.75, 3.05) is 19.0 Å². The number of hydrogen-bond donors (Lipinski definition) is 0. The minimum Gasteiger partial charge on any atom is -0.373 e. The minimum absolute atomic E-state index is 0.0569. The highest BCUT2D eigenvalue weighted by Crippen LogP contribution is 2.17. The first-order chi connectivity index (χ1) is 7.77. The number of Topliss-reactive ketones (excluding diaryl/α,β-unsaturated/α-hetero) is 1. The second-order valence-electron chi connectivity index (χ2n) is 3.43. The highest BCUT2D eigenvalue weighted by molar-refractivity contribution is 7.99. The average Bonchev–Trinajstić information content (AvgIpc) is 2.30. The molecular formula is C13H18O2S. The number of benzene rings is 1. The Hall–Kier alpha value is -0.800. The summed E-state index contributed by atoms with van der Waals surface area (Å²) in [5.74, 6) is 1.11. The van der Waals surface area contributed by atoms with E-state index >= 15 is 0 Å². The van der Waals surface area contributed by atoms with E-state index in [0.29, 0.717) is 6.61 Å². The van der Waals surface area contributed by atoms with Gasteiger partial charge < -0.3 is 4.74 Å². The molecule has 88 valence electrons. The third-order valence-corrected chi connectivity index (χ3v) is 2.96. The van der Waals surface area contributed by atoms with E-state index in [2.05, 4.69) is 6.92 Å². The molecule has 0 fully saturated rings. The molecule has 0 saturated carbocycles. The van der Waals surface area contributed by atoms with Crippen molar-refractivity contribution in [3.8, 4) is 0 Å². The second kappa shape index (κ2) is 7.47. The number of ether oxygens (including phenoxy) is 1. The predicted octanol–water partition coefficient (Wildman–Crippen LogP) is 3.41. The Bertz CT molecular complexity index is 319. The van der Waals surface area contributed by atoms with Crippen molar-refractivity contribution < 1.29 is 9.53 Å². The topological polar surface area (TPSA) is 26.3 Å². The lowest BCUT2D eigenvalue weighted by atomic mass is 10.1. The first-order valence-electron chi connectivity index (χ1n) is 5.61. The largest absolute Gasteiger partial charge is 0.373 e. The van der Waals surface area contributed by atoms with Crippen LogP contribution < -0.4 is 0 Å². The van der Waals surface area contributed by atoms with Crippen LogP contribution in [0, 0.1) is 0 Å². The molecule has 0 atom stereocenters. The van der Waals surface area contributed by atoms with Gasteiger partial charge in [0.15, 0.2) is 5.78 Å². The highest BCUT2D eigenvalue weighted by Gasteiger charge is 2.05. The zero-order chi connectivity index (χ0) is 11.8. The lowest BCUT2D eigenvalue weighted by Crippen LogP contribution is -2.09. The predicted molar refractivity (Wildman–Crippen MR) is 68.3 cm³/mol. The fourth-order valence-electron chi connectivity index (χ4n) is 1.30. The zero-order valence-electron chi connectivity index (χ0n) is 9.86. The van der Waals surface area contributed by atoms with Crippen LogP contribution in [0.2, 0.25) is 0 Å². The SMILES string of the molecule is CCCOCC(=O)c1ccc(SCC)cc1. The van der Waals surface area contributed by atoms with Crippen LogP contribution in [-0.2, 0) is 4.74 Å². The first kappa shape index (κ1) is 13.3. The van der Waals surface area contributed by atoms with Gasteiger partial charge in [-0.3, -0.25) is 4.79 Å². The van der Waals surface area contributed by atoms with E-state index in [1.54, 1.807) is 11.8 Å². The van der Waals surface area contributed by atoms with Crippen LogP contribution in [0.4, 0.5) is 0 Å². The summed E-state index contributed by atoms with van der Waals surface area (Å²) in [6.07, 6.45) is 0.944. The monoisotopic (exact) mass is 238 g/mol. The molecule has 0 N–H and O–H groups in total. The Labute approximate surface area is 101 Å². The molecule has 0 aliphatic carbocycles. The van der Waals surface area contributed by atoms with Crippen LogP contribution in [-0.4, -0.2) is 24.7 Å². The van der Waals surface area contributed by atoms with Gasteiger partial charge in [0, 0.05) is 17.1 Å². The molecular weight excluding hydrogens is 220 g/mol. The van der Waals surface area contributed by atoms with Crippen LogP contribution in [0.25, 0.3) is 0 Å². The molecule has 3 heteroatoms. The maximum Gasteiger partial charge on any atom is 0.188 e. The average molecular weight is 238 g/mol. The van der Waals surface area contributed by atoms with Crippen molar-refractivity contribution in [1.82, 2.24) is 0 Å². The minimum atomic E-state index is 0.0569. The van der Waals surface area contributed by atoms with Crippen LogP contribution >= 0.6 is 11.8 Å². The molecule has 0 heterocycles. The maximum atomic E-state index is 11.7. The van der Waals surface area contributed by atoms with Gasteiger partial charge in [-0.1, -0.05) is 26.0 Å². The third kappa shape index (κ3) is 4.37. The summed E-state index contributed by atoms with van der Waals surface area (Å²) in [5, 5.41) is 0. The summed E-state index contributed by atoms with van der Waals surface area (Å²) in [4.78, 5) is 12.9. The summed E-state index contributed by atoms with van der Waals surface area (Å²) in [6.45, 7) is 4.98. The Morgan fingerprint density at radius 3 is 2.50 bits per heavy atom. The van der Waals surface area contributed by atoms with Crippen molar-refractivity contribution >= 4 is 17.5 Å². The van der Waals surface area contributed by atoms with E-state index < -0.39 is 0 Å². The van der Waals surface area contributed by atoms with Crippen LogP contribution in [0.15, 0.2) is 29.2 Å². The fraction of sp³-hybridized carbons (Fsp3) is 0.462. The molecule has 0 spiro atoms. The Morgan fingerprint density at radius 1 is 1.25 bits per heavy atom. The first-order valence-corrected chi connectivity index (χ1v) is 6.60. The van der Waals surface area contributed by atoms with Crippen molar-refractivity contribution in [2.45, 2.75) is 25.2 Å². The van der Waals surface area contributed by atoms with E-state index in [9.17, 15) is 4.79 Å². The quantitative estimate of drug-likeness (QED) is 0.414. The van der Waals surface area contributed by atoms with Gasteiger partial charge in [-0.25, -0.2) is 0 Å². The summed E-state index contributed by atoms with van der Waals surface area (Å²) in [6, 6.07) is 7.72. The fourth-order valence-corrected chi connectivity index (χ4v) is 1.96. The van der Waals surface area contributed by atoms with Gasteiger partial charge in [0.2, 0.25) is 0 Å². The van der Waals surface area contributed by atoms with E-state index in [-0.39, 0.29) is 12.4 Å². The van der Waals surface area contributed by atoms with E-state index in [0.717, 1.165) is 17.7 Å². The van der Waals surface area contributed by atoms with Crippen LogP contribution in [0.3, 0.4) is 0 Å². The van der Waals surface area contributed by atoms with Crippen LogP contribution in [0.1, 0.15) is 30.6 Å². The van der Waals surface area contributed by atoms with E-state index in [1.165, 1.54) is 4.90 Å². The smallest absolute Gasteiger partial charge is 0.188 e. The number of carbonyl (C=O) groups is 1. The van der Waals surface area contributed by atoms with Gasteiger partial charge in [-0.05, 0) is 24.3 Å². The van der Waals surface area contributed by atoms with Gasteiger partial charge in [0.25, 0.3) is 0 Å². The van der Waals surface area contributed by atoms with Gasteiger partial charge in [0.1, 0.15) is 6.61 Å². The van der Waals surface area contributed by atoms with E-state index in [1.807, 2.05) is 31.2 Å². The molecule has 1 aromatic carbocycles. The van der Waals surface area contributed by atoms with Crippen LogP contribution in [0.5, 0.6) is 0 Å². The molecule has 0 aromatic heterocycles. The second-order valence-corrected chi connectivity index (χ2v) is 4.77. The van der Waals surface area contributed by atoms with Crippen molar-refractivity contribution in [3.05, 3.63) is 29.8 Å².